The zero-order chi connectivity index (χ0) is 25.4. The van der Waals surface area contributed by atoms with E-state index < -0.39 is 17.8 Å². The van der Waals surface area contributed by atoms with Crippen LogP contribution in [0.25, 0.3) is 0 Å². The van der Waals surface area contributed by atoms with Gasteiger partial charge in [-0.2, -0.15) is 5.10 Å². The highest BCUT2D eigenvalue weighted by Gasteiger charge is 2.15. The number of esters is 1. The Labute approximate surface area is 211 Å². The highest BCUT2D eigenvalue weighted by molar-refractivity contribution is 6.42. The van der Waals surface area contributed by atoms with Crippen LogP contribution >= 0.6 is 23.2 Å². The number of hydrazone groups is 1. The Bertz CT molecular complexity index is 1280. The molecule has 0 atom stereocenters. The summed E-state index contributed by atoms with van der Waals surface area (Å²) in [6.45, 7) is 2.02. The Kier molecular flexibility index (Phi) is 8.83. The molecule has 0 fully saturated rings. The van der Waals surface area contributed by atoms with Crippen LogP contribution in [-0.2, 0) is 16.0 Å². The molecule has 3 rings (SSSR count). The minimum Gasteiger partial charge on any atom is -0.493 e. The van der Waals surface area contributed by atoms with Crippen LogP contribution in [-0.4, -0.2) is 31.1 Å². The molecule has 2 N–H and O–H groups in total. The van der Waals surface area contributed by atoms with Gasteiger partial charge in [0.15, 0.2) is 11.5 Å². The second-order valence-corrected chi connectivity index (χ2v) is 7.95. The van der Waals surface area contributed by atoms with E-state index in [0.29, 0.717) is 16.3 Å². The molecule has 0 unspecified atom stereocenters. The topological polar surface area (TPSA) is 106 Å². The van der Waals surface area contributed by atoms with E-state index in [-0.39, 0.29) is 22.1 Å². The van der Waals surface area contributed by atoms with Crippen LogP contribution in [0.15, 0.2) is 65.8 Å². The van der Waals surface area contributed by atoms with Crippen molar-refractivity contribution >= 4 is 52.9 Å². The normalized spacial score (nSPS) is 10.6. The number of hydrogen-bond donors (Lipinski definition) is 2. The van der Waals surface area contributed by atoms with Crippen molar-refractivity contribution in [1.82, 2.24) is 5.43 Å². The third-order valence-electron chi connectivity index (χ3n) is 4.75. The van der Waals surface area contributed by atoms with Gasteiger partial charge in [-0.25, -0.2) is 10.2 Å². The lowest BCUT2D eigenvalue weighted by Gasteiger charge is -2.10. The van der Waals surface area contributed by atoms with Gasteiger partial charge in [-0.1, -0.05) is 42.3 Å². The molecule has 0 saturated heterocycles. The van der Waals surface area contributed by atoms with Gasteiger partial charge in [-0.3, -0.25) is 9.59 Å². The molecule has 3 aromatic rings. The van der Waals surface area contributed by atoms with Crippen molar-refractivity contribution in [2.75, 3.05) is 12.4 Å². The van der Waals surface area contributed by atoms with Gasteiger partial charge in [0.1, 0.15) is 0 Å². The third kappa shape index (κ3) is 7.05. The van der Waals surface area contributed by atoms with E-state index in [1.165, 1.54) is 37.6 Å². The summed E-state index contributed by atoms with van der Waals surface area (Å²) in [4.78, 5) is 36.4. The van der Waals surface area contributed by atoms with Crippen molar-refractivity contribution in [3.05, 3.63) is 87.4 Å². The fourth-order valence-corrected chi connectivity index (χ4v) is 3.16. The van der Waals surface area contributed by atoms with Crippen molar-refractivity contribution in [3.63, 3.8) is 0 Å². The van der Waals surface area contributed by atoms with E-state index in [2.05, 4.69) is 15.8 Å². The molecule has 0 radical (unpaired) electrons. The molecule has 0 bridgehead atoms. The number of halogens is 2. The molecule has 0 aliphatic heterocycles. The summed E-state index contributed by atoms with van der Waals surface area (Å²) >= 11 is 11.8. The standard InChI is InChI=1S/C25H21Cl2N3O5/c1-3-15-4-8-18(9-5-15)29-23(31)24(32)30-28-14-16-6-11-21(22(12-16)34-2)35-25(33)17-7-10-19(26)20(27)13-17/h4-14H,3H2,1-2H3,(H,29,31)(H,30,32). The molecule has 180 valence electrons. The number of anilines is 1. The SMILES string of the molecule is CCc1ccc(NC(=O)C(=O)NN=Cc2ccc(OC(=O)c3ccc(Cl)c(Cl)c3)c(OC)c2)cc1. The highest BCUT2D eigenvalue weighted by atomic mass is 35.5. The number of rotatable bonds is 7. The maximum atomic E-state index is 12.4. The molecule has 3 aromatic carbocycles. The second-order valence-electron chi connectivity index (χ2n) is 7.13. The van der Waals surface area contributed by atoms with Gasteiger partial charge in [-0.05, 0) is 66.1 Å². The summed E-state index contributed by atoms with van der Waals surface area (Å²) in [5, 5.41) is 6.83. The van der Waals surface area contributed by atoms with E-state index in [4.69, 9.17) is 32.7 Å². The summed E-state index contributed by atoms with van der Waals surface area (Å²) in [6.07, 6.45) is 2.18. The first-order chi connectivity index (χ1) is 16.8. The average Bonchev–Trinajstić information content (AvgIpc) is 2.86. The fraction of sp³-hybridized carbons (Fsp3) is 0.120. The number of benzene rings is 3. The molecule has 0 aliphatic carbocycles. The molecule has 35 heavy (non-hydrogen) atoms. The van der Waals surface area contributed by atoms with Crippen molar-refractivity contribution in [2.45, 2.75) is 13.3 Å². The molecule has 0 heterocycles. The lowest BCUT2D eigenvalue weighted by molar-refractivity contribution is -0.136. The van der Waals surface area contributed by atoms with E-state index in [1.54, 1.807) is 24.3 Å². The molecular formula is C25H21Cl2N3O5. The van der Waals surface area contributed by atoms with Crippen LogP contribution in [0.4, 0.5) is 5.69 Å². The predicted octanol–water partition coefficient (Wildman–Crippen LogP) is 4.87. The first kappa shape index (κ1) is 25.7. The Morgan fingerprint density at radius 2 is 1.66 bits per heavy atom. The van der Waals surface area contributed by atoms with Crippen LogP contribution in [0, 0.1) is 0 Å². The van der Waals surface area contributed by atoms with Crippen LogP contribution in [0.5, 0.6) is 11.5 Å². The lowest BCUT2D eigenvalue weighted by atomic mass is 10.1. The van der Waals surface area contributed by atoms with Crippen molar-refractivity contribution < 1.29 is 23.9 Å². The molecule has 0 saturated carbocycles. The summed E-state index contributed by atoms with van der Waals surface area (Å²) in [7, 11) is 1.41. The summed E-state index contributed by atoms with van der Waals surface area (Å²) in [6, 6.07) is 16.2. The summed E-state index contributed by atoms with van der Waals surface area (Å²) < 4.78 is 10.7. The van der Waals surface area contributed by atoms with Gasteiger partial charge in [0.2, 0.25) is 0 Å². The van der Waals surface area contributed by atoms with Gasteiger partial charge in [0, 0.05) is 5.69 Å². The number of amides is 2. The number of hydrogen-bond acceptors (Lipinski definition) is 6. The minimum absolute atomic E-state index is 0.165. The monoisotopic (exact) mass is 513 g/mol. The zero-order valence-electron chi connectivity index (χ0n) is 18.8. The number of nitrogens with one attached hydrogen (secondary N) is 2. The summed E-state index contributed by atoms with van der Waals surface area (Å²) in [5.41, 5.74) is 4.51. The predicted molar refractivity (Wildman–Crippen MR) is 135 cm³/mol. The molecule has 0 aromatic heterocycles. The Morgan fingerprint density at radius 3 is 2.31 bits per heavy atom. The van der Waals surface area contributed by atoms with Gasteiger partial charge in [0.05, 0.1) is 28.9 Å². The molecular weight excluding hydrogens is 493 g/mol. The fourth-order valence-electron chi connectivity index (χ4n) is 2.86. The average molecular weight is 514 g/mol. The molecule has 2 amide bonds. The van der Waals surface area contributed by atoms with Crippen LogP contribution < -0.4 is 20.2 Å². The number of methoxy groups -OCH3 is 1. The second kappa shape index (κ2) is 12.0. The van der Waals surface area contributed by atoms with Crippen LogP contribution in [0.2, 0.25) is 10.0 Å². The van der Waals surface area contributed by atoms with Gasteiger partial charge in [-0.15, -0.1) is 0 Å². The van der Waals surface area contributed by atoms with Crippen molar-refractivity contribution in [2.24, 2.45) is 5.10 Å². The largest absolute Gasteiger partial charge is 0.493 e. The Hall–Kier alpha value is -3.88. The molecule has 10 heteroatoms. The number of aryl methyl sites for hydroxylation is 1. The van der Waals surface area contributed by atoms with E-state index in [9.17, 15) is 14.4 Å². The molecule has 8 nitrogen and oxygen atoms in total. The van der Waals surface area contributed by atoms with Gasteiger partial charge in [0.25, 0.3) is 0 Å². The Morgan fingerprint density at radius 1 is 0.914 bits per heavy atom. The zero-order valence-corrected chi connectivity index (χ0v) is 20.3. The number of ether oxygens (including phenoxy) is 2. The molecule has 0 spiro atoms. The first-order valence-corrected chi connectivity index (χ1v) is 11.1. The van der Waals surface area contributed by atoms with E-state index in [1.807, 2.05) is 19.1 Å². The van der Waals surface area contributed by atoms with E-state index >= 15 is 0 Å². The van der Waals surface area contributed by atoms with Crippen LogP contribution in [0.3, 0.4) is 0 Å². The first-order valence-electron chi connectivity index (χ1n) is 10.4. The number of nitrogens with zero attached hydrogens (tertiary/aromatic N) is 1. The van der Waals surface area contributed by atoms with Crippen molar-refractivity contribution in [3.8, 4) is 11.5 Å². The number of carbonyl (C=O) groups excluding carboxylic acids is 3. The maximum absolute atomic E-state index is 12.4. The Balaban J connectivity index is 1.60. The highest BCUT2D eigenvalue weighted by Crippen LogP contribution is 2.29. The minimum atomic E-state index is -0.931. The van der Waals surface area contributed by atoms with Gasteiger partial charge < -0.3 is 14.8 Å². The lowest BCUT2D eigenvalue weighted by Crippen LogP contribution is -2.32. The maximum Gasteiger partial charge on any atom is 0.343 e. The smallest absolute Gasteiger partial charge is 0.343 e. The van der Waals surface area contributed by atoms with Crippen LogP contribution in [0.1, 0.15) is 28.4 Å². The van der Waals surface area contributed by atoms with E-state index in [0.717, 1.165) is 12.0 Å². The third-order valence-corrected chi connectivity index (χ3v) is 5.49. The number of carbonyl (C=O) groups is 3. The molecule has 0 aliphatic rings. The van der Waals surface area contributed by atoms with Gasteiger partial charge >= 0.3 is 17.8 Å². The van der Waals surface area contributed by atoms with Crippen molar-refractivity contribution in [1.29, 1.82) is 0 Å². The quantitative estimate of drug-likeness (QED) is 0.154. The summed E-state index contributed by atoms with van der Waals surface area (Å²) in [5.74, 6) is -2.01.